The quantitative estimate of drug-likeness (QED) is 0.360. The lowest BCUT2D eigenvalue weighted by Crippen LogP contribution is -2.44. The predicted molar refractivity (Wildman–Crippen MR) is 118 cm³/mol. The van der Waals surface area contributed by atoms with E-state index in [2.05, 4.69) is 22.1 Å². The van der Waals surface area contributed by atoms with E-state index in [1.165, 1.54) is 18.0 Å². The number of carbonyl (C=O) groups is 1. The summed E-state index contributed by atoms with van der Waals surface area (Å²) >= 11 is 0. The van der Waals surface area contributed by atoms with Gasteiger partial charge in [0, 0.05) is 19.6 Å². The van der Waals surface area contributed by atoms with E-state index in [0.717, 1.165) is 28.6 Å². The molecule has 4 aromatic rings. The summed E-state index contributed by atoms with van der Waals surface area (Å²) in [6.07, 6.45) is 2.38. The highest BCUT2D eigenvalue weighted by Gasteiger charge is 2.26. The van der Waals surface area contributed by atoms with E-state index in [4.69, 9.17) is 16.6 Å². The van der Waals surface area contributed by atoms with Gasteiger partial charge in [-0.15, -0.1) is 0 Å². The summed E-state index contributed by atoms with van der Waals surface area (Å²) in [5.74, 6) is -0.925. The van der Waals surface area contributed by atoms with Gasteiger partial charge in [-0.1, -0.05) is 18.2 Å². The lowest BCUT2D eigenvalue weighted by Gasteiger charge is -2.31. The smallest absolute Gasteiger partial charge is 0.335 e. The third-order valence-corrected chi connectivity index (χ3v) is 5.42. The van der Waals surface area contributed by atoms with Gasteiger partial charge >= 0.3 is 5.97 Å². The molecule has 1 aromatic heterocycles. The molecule has 1 aliphatic heterocycles. The number of nitrogens with one attached hydrogen (secondary N) is 1. The first-order valence-electron chi connectivity index (χ1n) is 9.70. The minimum atomic E-state index is -0.925. The van der Waals surface area contributed by atoms with Gasteiger partial charge in [0.1, 0.15) is 11.4 Å². The van der Waals surface area contributed by atoms with Crippen LogP contribution >= 0.6 is 0 Å². The maximum absolute atomic E-state index is 11.6. The lowest BCUT2D eigenvalue weighted by molar-refractivity contribution is 0.0697. The molecule has 3 aromatic carbocycles. The summed E-state index contributed by atoms with van der Waals surface area (Å²) in [6, 6.07) is 10.9. The number of hydrogen-bond acceptors (Lipinski definition) is 7. The SMILES string of the molecule is NCc1ccc2c(c1)CN(c1c(N)c(=O)c1=O)CC2.O=C(O)c1ccc2nc[nH]c2c1. The van der Waals surface area contributed by atoms with Crippen LogP contribution in [0.3, 0.4) is 0 Å². The van der Waals surface area contributed by atoms with Crippen LogP contribution in [0, 0.1) is 0 Å². The van der Waals surface area contributed by atoms with Crippen molar-refractivity contribution in [2.75, 3.05) is 17.2 Å². The highest BCUT2D eigenvalue weighted by atomic mass is 16.4. The van der Waals surface area contributed by atoms with Gasteiger partial charge in [0.05, 0.1) is 22.9 Å². The van der Waals surface area contributed by atoms with Crippen LogP contribution in [-0.4, -0.2) is 27.6 Å². The molecule has 2 heterocycles. The number of benzene rings is 2. The van der Waals surface area contributed by atoms with Crippen molar-refractivity contribution in [3.8, 4) is 0 Å². The molecule has 0 spiro atoms. The number of aromatic nitrogens is 2. The lowest BCUT2D eigenvalue weighted by atomic mass is 9.96. The zero-order valence-electron chi connectivity index (χ0n) is 16.6. The summed E-state index contributed by atoms with van der Waals surface area (Å²) in [5.41, 5.74) is 16.0. The summed E-state index contributed by atoms with van der Waals surface area (Å²) in [6.45, 7) is 1.82. The Bertz CT molecular complexity index is 1350. The summed E-state index contributed by atoms with van der Waals surface area (Å²) in [7, 11) is 0. The summed E-state index contributed by atoms with van der Waals surface area (Å²) in [5, 5.41) is 8.65. The maximum atomic E-state index is 11.6. The van der Waals surface area contributed by atoms with Crippen LogP contribution in [0.4, 0.5) is 11.4 Å². The molecule has 0 saturated heterocycles. The fraction of sp³-hybridized carbons (Fsp3) is 0.182. The second-order valence-electron chi connectivity index (χ2n) is 7.34. The number of H-pyrrole nitrogens is 1. The monoisotopic (exact) mass is 419 g/mol. The van der Waals surface area contributed by atoms with Crippen molar-refractivity contribution in [3.63, 3.8) is 0 Å². The number of imidazole rings is 1. The Labute approximate surface area is 176 Å². The number of fused-ring (bicyclic) bond motifs is 2. The Morgan fingerprint density at radius 3 is 2.65 bits per heavy atom. The molecule has 0 radical (unpaired) electrons. The van der Waals surface area contributed by atoms with Gasteiger partial charge in [0.2, 0.25) is 0 Å². The first-order chi connectivity index (χ1) is 14.9. The van der Waals surface area contributed by atoms with E-state index >= 15 is 0 Å². The van der Waals surface area contributed by atoms with Crippen LogP contribution < -0.4 is 27.2 Å². The van der Waals surface area contributed by atoms with E-state index in [0.29, 0.717) is 25.3 Å². The van der Waals surface area contributed by atoms with Crippen molar-refractivity contribution in [1.29, 1.82) is 0 Å². The number of aromatic carboxylic acids is 1. The molecule has 0 saturated carbocycles. The number of nitrogens with two attached hydrogens (primary N) is 2. The Hall–Kier alpha value is -3.98. The van der Waals surface area contributed by atoms with Gasteiger partial charge < -0.3 is 26.5 Å². The molecule has 0 unspecified atom stereocenters. The molecule has 0 fully saturated rings. The average molecular weight is 419 g/mol. The average Bonchev–Trinajstić information content (AvgIpc) is 3.26. The number of nitrogen functional groups attached to an aromatic ring is 1. The minimum Gasteiger partial charge on any atom is -0.478 e. The zero-order valence-corrected chi connectivity index (χ0v) is 16.6. The molecular weight excluding hydrogens is 398 g/mol. The second kappa shape index (κ2) is 8.04. The molecule has 1 aliphatic rings. The molecule has 9 heteroatoms. The van der Waals surface area contributed by atoms with Gasteiger partial charge in [-0.2, -0.15) is 0 Å². The van der Waals surface area contributed by atoms with Gasteiger partial charge in [0.25, 0.3) is 10.9 Å². The van der Waals surface area contributed by atoms with E-state index in [9.17, 15) is 14.4 Å². The fourth-order valence-electron chi connectivity index (χ4n) is 3.71. The number of hydrogen-bond donors (Lipinski definition) is 4. The minimum absolute atomic E-state index is 0.100. The molecule has 0 bridgehead atoms. The van der Waals surface area contributed by atoms with Crippen LogP contribution in [0.25, 0.3) is 11.0 Å². The van der Waals surface area contributed by atoms with Crippen molar-refractivity contribution in [2.45, 2.75) is 19.5 Å². The van der Waals surface area contributed by atoms with Crippen LogP contribution in [0.2, 0.25) is 0 Å². The number of carboxylic acid groups (broad SMARTS) is 1. The first kappa shape index (κ1) is 20.3. The van der Waals surface area contributed by atoms with Crippen LogP contribution in [0.1, 0.15) is 27.0 Å². The van der Waals surface area contributed by atoms with Crippen molar-refractivity contribution in [3.05, 3.63) is 85.4 Å². The van der Waals surface area contributed by atoms with Gasteiger partial charge in [-0.05, 0) is 41.3 Å². The van der Waals surface area contributed by atoms with Crippen molar-refractivity contribution >= 4 is 28.4 Å². The van der Waals surface area contributed by atoms with Gasteiger partial charge in [-0.3, -0.25) is 9.59 Å². The van der Waals surface area contributed by atoms with Crippen molar-refractivity contribution < 1.29 is 9.90 Å². The van der Waals surface area contributed by atoms with E-state index in [-0.39, 0.29) is 11.3 Å². The fourth-order valence-corrected chi connectivity index (χ4v) is 3.71. The van der Waals surface area contributed by atoms with Crippen LogP contribution in [0.5, 0.6) is 0 Å². The largest absolute Gasteiger partial charge is 0.478 e. The molecular formula is C22H21N5O4. The van der Waals surface area contributed by atoms with Crippen molar-refractivity contribution in [2.24, 2.45) is 5.73 Å². The van der Waals surface area contributed by atoms with Crippen LogP contribution in [-0.2, 0) is 19.5 Å². The van der Waals surface area contributed by atoms with Gasteiger partial charge in [0.15, 0.2) is 0 Å². The molecule has 0 amide bonds. The van der Waals surface area contributed by atoms with E-state index in [1.54, 1.807) is 12.1 Å². The Balaban J connectivity index is 0.000000166. The topological polar surface area (TPSA) is 155 Å². The highest BCUT2D eigenvalue weighted by molar-refractivity contribution is 5.92. The molecule has 158 valence electrons. The summed E-state index contributed by atoms with van der Waals surface area (Å²) < 4.78 is 0. The third kappa shape index (κ3) is 3.78. The molecule has 6 N–H and O–H groups in total. The van der Waals surface area contributed by atoms with Gasteiger partial charge in [-0.25, -0.2) is 9.78 Å². The standard InChI is InChI=1S/C14H15N3O2.C8H6N2O2/c15-6-8-1-2-9-3-4-17(7-10(9)5-8)12-11(16)13(18)14(12)19;11-8(12)5-1-2-6-7(3-5)10-4-9-6/h1-2,5H,3-4,6-7,15-16H2;1-4H,(H,9,10)(H,11,12). The maximum Gasteiger partial charge on any atom is 0.335 e. The zero-order chi connectivity index (χ0) is 22.1. The predicted octanol–water partition coefficient (Wildman–Crippen LogP) is 1.15. The molecule has 9 nitrogen and oxygen atoms in total. The number of nitrogens with zero attached hydrogens (tertiary/aromatic N) is 2. The van der Waals surface area contributed by atoms with E-state index in [1.807, 2.05) is 11.0 Å². The van der Waals surface area contributed by atoms with Crippen LogP contribution in [0.15, 0.2) is 52.3 Å². The first-order valence-corrected chi connectivity index (χ1v) is 9.70. The highest BCUT2D eigenvalue weighted by Crippen LogP contribution is 2.26. The normalized spacial score (nSPS) is 13.0. The number of aromatic amines is 1. The Morgan fingerprint density at radius 1 is 1.13 bits per heavy atom. The molecule has 5 rings (SSSR count). The number of carboxylic acids is 1. The Morgan fingerprint density at radius 2 is 1.94 bits per heavy atom. The molecule has 0 atom stereocenters. The summed E-state index contributed by atoms with van der Waals surface area (Å²) in [4.78, 5) is 42.0. The molecule has 31 heavy (non-hydrogen) atoms. The number of anilines is 2. The molecule has 0 aliphatic carbocycles. The third-order valence-electron chi connectivity index (χ3n) is 5.42. The van der Waals surface area contributed by atoms with Crippen molar-refractivity contribution in [1.82, 2.24) is 9.97 Å². The van der Waals surface area contributed by atoms with E-state index < -0.39 is 16.8 Å². The second-order valence-corrected chi connectivity index (χ2v) is 7.34. The Kier molecular flexibility index (Phi) is 5.26. The number of rotatable bonds is 3.